The number of hydrogen-bond donors (Lipinski definition) is 3. The van der Waals surface area contributed by atoms with E-state index in [9.17, 15) is 38.6 Å². The highest BCUT2D eigenvalue weighted by Gasteiger charge is 2.54. The standard InChI is InChI=1S/C40H44F3N5O10.C30H43N5O7/c1-22-23(2)33(45-39(51)40(41,42)43)38(57-31(22)20-54-17-24-9-13-26(52-3)14-10-24)58-35-30(48-36(49)28-7-5-6-8-29(28)37(48)50)19-56-32(34(35)46-47-44)21-55-18-25-11-15-27(53-4)16-12-25;1-18-19(2)27(32)30(41-25(18)16-38-13-20-5-9-22(36-3)10-6-20)42-29-24(31)15-40-26(28(29)34-35-33)17-39-14-21-7-11-23(37-4)12-8-21/h5-16,22-23,30-35,38H,17-21H2,1-4H3,(H,45,51);5-12,18-19,24-30H,13-17,31-32H2,1-4H3/t22-,23-,30?,31?,32?,33?,34-,35+,38-;18-,19-,24?,25?,26?,27?,28-,29+,30-/m00/s1. The summed E-state index contributed by atoms with van der Waals surface area (Å²) in [5, 5.41) is 10.0. The second-order valence-electron chi connectivity index (χ2n) is 25.1. The Balaban J connectivity index is 0.000000246. The third-order valence-corrected chi connectivity index (χ3v) is 19.0. The number of halogens is 3. The fourth-order valence-corrected chi connectivity index (χ4v) is 12.6. The van der Waals surface area contributed by atoms with Crippen molar-refractivity contribution in [1.82, 2.24) is 10.2 Å². The van der Waals surface area contributed by atoms with Gasteiger partial charge in [-0.2, -0.15) is 13.2 Å². The number of hydrogen-bond acceptors (Lipinski definition) is 21. The maximum absolute atomic E-state index is 13.8. The maximum Gasteiger partial charge on any atom is 0.471 e. The van der Waals surface area contributed by atoms with E-state index < -0.39 is 115 Å². The van der Waals surface area contributed by atoms with E-state index in [2.05, 4.69) is 33.9 Å². The Kier molecular flexibility index (Phi) is 27.3. The number of nitrogens with zero attached hydrogens (tertiary/aromatic N) is 7. The molecule has 30 heteroatoms. The minimum Gasteiger partial charge on any atom is -0.497 e. The summed E-state index contributed by atoms with van der Waals surface area (Å²) in [7, 11) is 6.35. The highest BCUT2D eigenvalue weighted by atomic mass is 19.4. The summed E-state index contributed by atoms with van der Waals surface area (Å²) in [6.45, 7) is 8.93. The van der Waals surface area contributed by atoms with Crippen LogP contribution in [0.15, 0.2) is 132 Å². The predicted molar refractivity (Wildman–Crippen MR) is 354 cm³/mol. The molecule has 5 N–H and O–H groups in total. The van der Waals surface area contributed by atoms with E-state index in [1.165, 1.54) is 12.1 Å². The molecule has 5 aliphatic heterocycles. The number of fused-ring (bicyclic) bond motifs is 1. The number of carbonyl (C=O) groups is 3. The Morgan fingerprint density at radius 2 is 0.910 bits per heavy atom. The van der Waals surface area contributed by atoms with Gasteiger partial charge in [0.05, 0.1) is 179 Å². The Hall–Kier alpha value is -8.16. The zero-order valence-electron chi connectivity index (χ0n) is 56.9. The predicted octanol–water partition coefficient (Wildman–Crippen LogP) is 9.16. The van der Waals surface area contributed by atoms with Gasteiger partial charge in [-0.25, -0.2) is 0 Å². The lowest BCUT2D eigenvalue weighted by atomic mass is 9.82. The van der Waals surface area contributed by atoms with Gasteiger partial charge in [0.15, 0.2) is 12.6 Å². The Labute approximate surface area is 577 Å². The number of amides is 3. The van der Waals surface area contributed by atoms with Gasteiger partial charge in [-0.3, -0.25) is 19.3 Å². The number of nitrogens with two attached hydrogens (primary N) is 2. The summed E-state index contributed by atoms with van der Waals surface area (Å²) in [5.41, 5.74) is 36.1. The molecule has 5 heterocycles. The van der Waals surface area contributed by atoms with Gasteiger partial charge < -0.3 is 83.1 Å². The lowest BCUT2D eigenvalue weighted by Gasteiger charge is -2.49. The minimum absolute atomic E-state index is 0.0193. The van der Waals surface area contributed by atoms with Crippen LogP contribution < -0.4 is 35.7 Å². The number of benzene rings is 5. The van der Waals surface area contributed by atoms with Gasteiger partial charge in [0.2, 0.25) is 0 Å². The third kappa shape index (κ3) is 19.1. The molecular formula is C70H87F3N10O17. The molecule has 4 fully saturated rings. The first-order valence-corrected chi connectivity index (χ1v) is 32.8. The van der Waals surface area contributed by atoms with Crippen LogP contribution in [0.2, 0.25) is 0 Å². The first-order chi connectivity index (χ1) is 48.2. The van der Waals surface area contributed by atoms with Crippen molar-refractivity contribution in [2.24, 2.45) is 45.4 Å². The van der Waals surface area contributed by atoms with Gasteiger partial charge in [-0.05, 0) is 118 Å². The molecule has 18 atom stereocenters. The van der Waals surface area contributed by atoms with Crippen LogP contribution in [0, 0.1) is 23.7 Å². The van der Waals surface area contributed by atoms with Crippen molar-refractivity contribution in [1.29, 1.82) is 0 Å². The number of azide groups is 2. The number of ether oxygens (including phenoxy) is 14. The quantitative estimate of drug-likeness (QED) is 0.0182. The Morgan fingerprint density at radius 1 is 0.540 bits per heavy atom. The lowest BCUT2D eigenvalue weighted by molar-refractivity contribution is -0.280. The lowest BCUT2D eigenvalue weighted by Crippen LogP contribution is -2.66. The summed E-state index contributed by atoms with van der Waals surface area (Å²) < 4.78 is 124. The van der Waals surface area contributed by atoms with Crippen molar-refractivity contribution in [3.05, 3.63) is 176 Å². The molecule has 0 aliphatic carbocycles. The number of nitrogens with one attached hydrogen (secondary N) is 1. The molecule has 27 nitrogen and oxygen atoms in total. The van der Waals surface area contributed by atoms with Gasteiger partial charge in [0.25, 0.3) is 11.8 Å². The summed E-state index contributed by atoms with van der Waals surface area (Å²) in [6, 6.07) is 30.1. The van der Waals surface area contributed by atoms with Crippen LogP contribution in [0.25, 0.3) is 20.9 Å². The highest BCUT2D eigenvalue weighted by Crippen LogP contribution is 2.39. The molecule has 0 radical (unpaired) electrons. The van der Waals surface area contributed by atoms with Crippen LogP contribution in [0.1, 0.15) is 70.7 Å². The second-order valence-corrected chi connectivity index (χ2v) is 25.1. The van der Waals surface area contributed by atoms with Crippen molar-refractivity contribution in [3.8, 4) is 23.0 Å². The number of alkyl halides is 3. The molecule has 540 valence electrons. The van der Waals surface area contributed by atoms with Crippen LogP contribution >= 0.6 is 0 Å². The van der Waals surface area contributed by atoms with E-state index in [1.807, 2.05) is 66.0 Å². The third-order valence-electron chi connectivity index (χ3n) is 19.0. The number of carbonyl (C=O) groups excluding carboxylic acids is 3. The molecule has 5 aromatic rings. The molecule has 0 bridgehead atoms. The molecule has 0 spiro atoms. The Morgan fingerprint density at radius 3 is 1.31 bits per heavy atom. The first-order valence-electron chi connectivity index (χ1n) is 32.8. The van der Waals surface area contributed by atoms with E-state index in [-0.39, 0.29) is 75.3 Å². The summed E-state index contributed by atoms with van der Waals surface area (Å²) in [4.78, 5) is 47.1. The fraction of sp³-hybridized carbons (Fsp3) is 0.529. The van der Waals surface area contributed by atoms with E-state index >= 15 is 0 Å². The van der Waals surface area contributed by atoms with E-state index in [1.54, 1.807) is 90.8 Å². The summed E-state index contributed by atoms with van der Waals surface area (Å²) in [6.07, 6.45) is -12.3. The van der Waals surface area contributed by atoms with Crippen molar-refractivity contribution in [2.45, 2.75) is 146 Å². The Bertz CT molecular complexity index is 3520. The topological polar surface area (TPSA) is 345 Å². The van der Waals surface area contributed by atoms with Gasteiger partial charge in [-0.15, -0.1) is 0 Å². The van der Waals surface area contributed by atoms with Gasteiger partial charge >= 0.3 is 12.1 Å². The first kappa shape index (κ1) is 76.0. The van der Waals surface area contributed by atoms with Crippen LogP contribution in [-0.2, 0) is 78.6 Å². The largest absolute Gasteiger partial charge is 0.497 e. The minimum atomic E-state index is -5.24. The second kappa shape index (κ2) is 35.9. The highest BCUT2D eigenvalue weighted by molar-refractivity contribution is 6.21. The molecule has 5 aromatic carbocycles. The zero-order valence-corrected chi connectivity index (χ0v) is 56.9. The molecule has 10 rings (SSSR count). The fourth-order valence-electron chi connectivity index (χ4n) is 12.6. The van der Waals surface area contributed by atoms with Gasteiger partial charge in [0.1, 0.15) is 23.0 Å². The molecule has 0 saturated carbocycles. The van der Waals surface area contributed by atoms with Crippen molar-refractivity contribution < 1.29 is 93.9 Å². The number of methoxy groups -OCH3 is 4. The van der Waals surface area contributed by atoms with Gasteiger partial charge in [-0.1, -0.05) is 98.6 Å². The van der Waals surface area contributed by atoms with E-state index in [0.717, 1.165) is 38.7 Å². The monoisotopic (exact) mass is 1400 g/mol. The SMILES string of the molecule is COc1ccc(COCC2O[C@@H](O[C@@H]3C(N)COC(COCc4ccc(OC)cc4)[C@@H]3N=[N+]=[N-])C(N)[C@@H](C)[C@@H]2C)cc1.COc1ccc(COCC2O[C@@H](O[C@@H]3C(N4C(=O)c5ccccc5C4=O)COC(COCc4ccc(OC)cc4)[C@@H]3N=[N+]=[N-])C(NC(=O)C(F)(F)F)[C@@H](C)[C@@H]2C)cc1. The maximum atomic E-state index is 13.8. The average molecular weight is 1400 g/mol. The molecule has 5 aliphatic rings. The molecular weight excluding hydrogens is 1310 g/mol. The molecule has 4 saturated heterocycles. The average Bonchev–Trinajstić information content (AvgIpc) is 1.60. The van der Waals surface area contributed by atoms with Crippen LogP contribution in [0.4, 0.5) is 13.2 Å². The normalized spacial score (nSPS) is 28.8. The van der Waals surface area contributed by atoms with Crippen LogP contribution in [-0.4, -0.2) is 182 Å². The summed E-state index contributed by atoms with van der Waals surface area (Å²) >= 11 is 0. The molecule has 100 heavy (non-hydrogen) atoms. The number of imide groups is 1. The molecule has 3 amide bonds. The van der Waals surface area contributed by atoms with Crippen molar-refractivity contribution in [2.75, 3.05) is 68.1 Å². The smallest absolute Gasteiger partial charge is 0.471 e. The van der Waals surface area contributed by atoms with Crippen LogP contribution in [0.3, 0.4) is 0 Å². The molecule has 0 aromatic heterocycles. The van der Waals surface area contributed by atoms with Crippen LogP contribution in [0.5, 0.6) is 23.0 Å². The van der Waals surface area contributed by atoms with E-state index in [0.29, 0.717) is 31.3 Å². The van der Waals surface area contributed by atoms with E-state index in [4.69, 9.17) is 77.8 Å². The van der Waals surface area contributed by atoms with Crippen molar-refractivity contribution in [3.63, 3.8) is 0 Å². The number of rotatable bonds is 28. The van der Waals surface area contributed by atoms with Gasteiger partial charge in [0, 0.05) is 9.82 Å². The zero-order chi connectivity index (χ0) is 71.6. The summed E-state index contributed by atoms with van der Waals surface area (Å²) in [5.74, 6) is -1.65. The molecule has 8 unspecified atom stereocenters. The van der Waals surface area contributed by atoms with Crippen molar-refractivity contribution >= 4 is 17.7 Å².